The number of carbonyl (C=O) groups is 2. The average molecular weight is 267 g/mol. The molecule has 5 nitrogen and oxygen atoms in total. The van der Waals surface area contributed by atoms with Crippen LogP contribution in [0.3, 0.4) is 0 Å². The second-order valence-electron chi connectivity index (χ2n) is 4.06. The highest BCUT2D eigenvalue weighted by Crippen LogP contribution is 2.29. The van der Waals surface area contributed by atoms with Gasteiger partial charge in [0.05, 0.1) is 7.11 Å². The fraction of sp³-hybridized carbons (Fsp3) is 0.333. The first kappa shape index (κ1) is 12.8. The fourth-order valence-corrected chi connectivity index (χ4v) is 2.23. The summed E-state index contributed by atoms with van der Waals surface area (Å²) in [6, 6.07) is 4.43. The number of benzene rings is 1. The van der Waals surface area contributed by atoms with E-state index < -0.39 is 5.97 Å². The minimum Gasteiger partial charge on any atom is -0.507 e. The first-order valence-electron chi connectivity index (χ1n) is 5.42. The third kappa shape index (κ3) is 2.28. The smallest absolute Gasteiger partial charge is 0.341 e. The topological polar surface area (TPSA) is 66.8 Å². The van der Waals surface area contributed by atoms with Crippen molar-refractivity contribution in [1.82, 2.24) is 0 Å². The number of ether oxygens (including phenoxy) is 1. The van der Waals surface area contributed by atoms with Crippen LogP contribution < -0.4 is 4.90 Å². The molecule has 0 aromatic heterocycles. The Hall–Kier alpha value is -1.69. The highest BCUT2D eigenvalue weighted by Gasteiger charge is 2.28. The molecule has 1 fully saturated rings. The number of anilines is 1. The third-order valence-electron chi connectivity index (χ3n) is 2.80. The van der Waals surface area contributed by atoms with E-state index in [9.17, 15) is 14.7 Å². The van der Waals surface area contributed by atoms with Crippen molar-refractivity contribution in [1.29, 1.82) is 0 Å². The lowest BCUT2D eigenvalue weighted by molar-refractivity contribution is -0.117. The number of hydrogen-bond acceptors (Lipinski definition) is 5. The molecular formula is C12H13NO4S. The summed E-state index contributed by atoms with van der Waals surface area (Å²) in [5, 5.41) is 9.75. The molecule has 0 radical (unpaired) electrons. The van der Waals surface area contributed by atoms with Gasteiger partial charge < -0.3 is 14.7 Å². The lowest BCUT2D eigenvalue weighted by Gasteiger charge is -2.16. The number of thiol groups is 1. The Labute approximate surface area is 110 Å². The molecule has 1 unspecified atom stereocenters. The highest BCUT2D eigenvalue weighted by atomic mass is 32.1. The Bertz CT molecular complexity index is 503. The molecule has 6 heteroatoms. The van der Waals surface area contributed by atoms with Crippen LogP contribution in [0.5, 0.6) is 5.75 Å². The molecule has 1 aromatic rings. The van der Waals surface area contributed by atoms with Gasteiger partial charge in [-0.2, -0.15) is 12.6 Å². The van der Waals surface area contributed by atoms with Crippen molar-refractivity contribution in [2.75, 3.05) is 18.6 Å². The van der Waals surface area contributed by atoms with Crippen molar-refractivity contribution in [3.05, 3.63) is 23.8 Å². The van der Waals surface area contributed by atoms with E-state index in [1.54, 1.807) is 11.0 Å². The maximum absolute atomic E-state index is 11.7. The molecule has 1 amide bonds. The number of phenols is 1. The number of rotatable bonds is 2. The zero-order valence-corrected chi connectivity index (χ0v) is 10.7. The van der Waals surface area contributed by atoms with Crippen LogP contribution in [-0.4, -0.2) is 35.9 Å². The second kappa shape index (κ2) is 4.89. The minimum atomic E-state index is -0.612. The van der Waals surface area contributed by atoms with Crippen LogP contribution in [0, 0.1) is 0 Å². The largest absolute Gasteiger partial charge is 0.507 e. The molecular weight excluding hydrogens is 254 g/mol. The van der Waals surface area contributed by atoms with E-state index in [4.69, 9.17) is 0 Å². The zero-order chi connectivity index (χ0) is 13.3. The van der Waals surface area contributed by atoms with Crippen molar-refractivity contribution in [3.8, 4) is 5.75 Å². The number of carbonyl (C=O) groups excluding carboxylic acids is 2. The van der Waals surface area contributed by atoms with Crippen LogP contribution in [0.4, 0.5) is 5.69 Å². The van der Waals surface area contributed by atoms with E-state index >= 15 is 0 Å². The lowest BCUT2D eigenvalue weighted by atomic mass is 10.1. The van der Waals surface area contributed by atoms with Crippen LogP contribution in [0.1, 0.15) is 16.8 Å². The van der Waals surface area contributed by atoms with Gasteiger partial charge in [-0.1, -0.05) is 0 Å². The molecule has 0 bridgehead atoms. The Kier molecular flexibility index (Phi) is 3.47. The maximum atomic E-state index is 11.7. The molecule has 0 spiro atoms. The summed E-state index contributed by atoms with van der Waals surface area (Å²) in [6.45, 7) is 0.499. The van der Waals surface area contributed by atoms with Gasteiger partial charge in [-0.15, -0.1) is 0 Å². The minimum absolute atomic E-state index is 0.0000681. The highest BCUT2D eigenvalue weighted by molar-refractivity contribution is 7.81. The van der Waals surface area contributed by atoms with E-state index in [-0.39, 0.29) is 22.5 Å². The summed E-state index contributed by atoms with van der Waals surface area (Å²) >= 11 is 4.26. The number of phenolic OH excluding ortho intramolecular Hbond substituents is 1. The monoisotopic (exact) mass is 267 g/mol. The molecule has 1 aliphatic heterocycles. The van der Waals surface area contributed by atoms with Crippen molar-refractivity contribution in [2.24, 2.45) is 0 Å². The van der Waals surface area contributed by atoms with Gasteiger partial charge in [-0.05, 0) is 12.1 Å². The van der Waals surface area contributed by atoms with Crippen LogP contribution in [0.15, 0.2) is 18.2 Å². The molecule has 2 rings (SSSR count). The molecule has 1 saturated heterocycles. The number of hydrogen-bond donors (Lipinski definition) is 2. The Morgan fingerprint density at radius 3 is 2.78 bits per heavy atom. The van der Waals surface area contributed by atoms with Gasteiger partial charge in [0.1, 0.15) is 11.3 Å². The van der Waals surface area contributed by atoms with Gasteiger partial charge in [-0.3, -0.25) is 4.79 Å². The molecule has 1 aromatic carbocycles. The van der Waals surface area contributed by atoms with E-state index in [0.29, 0.717) is 18.7 Å². The first-order chi connectivity index (χ1) is 8.52. The zero-order valence-electron chi connectivity index (χ0n) is 9.79. The van der Waals surface area contributed by atoms with Crippen LogP contribution in [0.25, 0.3) is 0 Å². The summed E-state index contributed by atoms with van der Waals surface area (Å²) in [5.41, 5.74) is 0.636. The number of amides is 1. The quantitative estimate of drug-likeness (QED) is 0.624. The van der Waals surface area contributed by atoms with Crippen LogP contribution in [0.2, 0.25) is 0 Å². The van der Waals surface area contributed by atoms with Gasteiger partial charge in [0, 0.05) is 30.0 Å². The Morgan fingerprint density at radius 1 is 1.56 bits per heavy atom. The number of methoxy groups -OCH3 is 1. The number of nitrogens with zero attached hydrogens (tertiary/aromatic N) is 1. The summed E-state index contributed by atoms with van der Waals surface area (Å²) in [4.78, 5) is 24.5. The number of aromatic hydroxyl groups is 1. The van der Waals surface area contributed by atoms with Crippen molar-refractivity contribution >= 4 is 30.2 Å². The third-order valence-corrected chi connectivity index (χ3v) is 3.15. The second-order valence-corrected chi connectivity index (χ2v) is 4.79. The van der Waals surface area contributed by atoms with Crippen LogP contribution in [-0.2, 0) is 9.53 Å². The summed E-state index contributed by atoms with van der Waals surface area (Å²) in [5.74, 6) is -0.853. The standard InChI is InChI=1S/C12H13NO4S/c1-17-12(16)9-3-2-7(4-10(9)14)13-6-8(18)5-11(13)15/h2-4,8,14,18H,5-6H2,1H3. The molecule has 96 valence electrons. The van der Waals surface area contributed by atoms with Gasteiger partial charge in [0.25, 0.3) is 0 Å². The van der Waals surface area contributed by atoms with E-state index in [0.717, 1.165) is 0 Å². The summed E-state index contributed by atoms with van der Waals surface area (Å²) < 4.78 is 4.53. The lowest BCUT2D eigenvalue weighted by Crippen LogP contribution is -2.24. The molecule has 1 N–H and O–H groups in total. The average Bonchev–Trinajstić information content (AvgIpc) is 2.67. The fourth-order valence-electron chi connectivity index (χ4n) is 1.91. The Morgan fingerprint density at radius 2 is 2.28 bits per heavy atom. The van der Waals surface area contributed by atoms with Crippen molar-refractivity contribution in [3.63, 3.8) is 0 Å². The molecule has 1 aliphatic rings. The van der Waals surface area contributed by atoms with Gasteiger partial charge >= 0.3 is 5.97 Å². The van der Waals surface area contributed by atoms with Crippen LogP contribution >= 0.6 is 12.6 Å². The normalized spacial score (nSPS) is 19.1. The van der Waals surface area contributed by atoms with Gasteiger partial charge in [0.2, 0.25) is 5.91 Å². The van der Waals surface area contributed by atoms with E-state index in [2.05, 4.69) is 17.4 Å². The Balaban J connectivity index is 2.29. The molecule has 0 aliphatic carbocycles. The predicted octanol–water partition coefficient (Wildman–Crippen LogP) is 1.21. The molecule has 0 saturated carbocycles. The van der Waals surface area contributed by atoms with E-state index in [1.807, 2.05) is 0 Å². The van der Waals surface area contributed by atoms with Gasteiger partial charge in [-0.25, -0.2) is 4.79 Å². The predicted molar refractivity (Wildman–Crippen MR) is 69.2 cm³/mol. The first-order valence-corrected chi connectivity index (χ1v) is 5.94. The SMILES string of the molecule is COC(=O)c1ccc(N2CC(S)CC2=O)cc1O. The maximum Gasteiger partial charge on any atom is 0.341 e. The number of esters is 1. The molecule has 1 atom stereocenters. The summed E-state index contributed by atoms with van der Waals surface area (Å²) in [7, 11) is 1.24. The molecule has 18 heavy (non-hydrogen) atoms. The van der Waals surface area contributed by atoms with E-state index in [1.165, 1.54) is 19.2 Å². The molecule has 1 heterocycles. The van der Waals surface area contributed by atoms with Crippen molar-refractivity contribution < 1.29 is 19.4 Å². The van der Waals surface area contributed by atoms with Gasteiger partial charge in [0.15, 0.2) is 0 Å². The van der Waals surface area contributed by atoms with Crippen molar-refractivity contribution in [2.45, 2.75) is 11.7 Å². The summed E-state index contributed by atoms with van der Waals surface area (Å²) in [6.07, 6.45) is 0.378.